The van der Waals surface area contributed by atoms with Crippen LogP contribution in [0.3, 0.4) is 0 Å². The minimum Gasteiger partial charge on any atom is -0.493 e. The smallest absolute Gasteiger partial charge is 0.173 e. The average Bonchev–Trinajstić information content (AvgIpc) is 3.67. The van der Waals surface area contributed by atoms with E-state index in [1.165, 1.54) is 25.7 Å². The zero-order chi connectivity index (χ0) is 19.8. The van der Waals surface area contributed by atoms with Crippen LogP contribution in [0.4, 0.5) is 0 Å². The minimum absolute atomic E-state index is 0.00838. The predicted molar refractivity (Wildman–Crippen MR) is 112 cm³/mol. The van der Waals surface area contributed by atoms with Crippen LogP contribution in [0, 0.1) is 35.5 Å². The molecular formula is C24H31N3O2. The monoisotopic (exact) mass is 393 g/mol. The standard InChI is InChI=1S/C24H31N3O2/c1-17-22(28-14-19-2-3-19)7-5-20-21(26-29-23(17)20)6-4-18-8-12-27(13-9-18)16-24(15-25)10-11-24/h5,7,18-19H,2-4,6,8-14,16H2,1H3. The number of aryl methyl sites for hydroxylation is 2. The van der Waals surface area contributed by atoms with Gasteiger partial charge in [0.1, 0.15) is 5.75 Å². The highest BCUT2D eigenvalue weighted by molar-refractivity contribution is 5.84. The molecule has 3 fully saturated rings. The Labute approximate surface area is 173 Å². The van der Waals surface area contributed by atoms with Crippen molar-refractivity contribution in [1.82, 2.24) is 10.1 Å². The first-order valence-electron chi connectivity index (χ1n) is 11.3. The van der Waals surface area contributed by atoms with E-state index < -0.39 is 0 Å². The van der Waals surface area contributed by atoms with Crippen LogP contribution in [0.1, 0.15) is 56.2 Å². The van der Waals surface area contributed by atoms with Crippen molar-refractivity contribution in [2.24, 2.45) is 17.3 Å². The van der Waals surface area contributed by atoms with E-state index in [1.807, 2.05) is 0 Å². The molecule has 0 atom stereocenters. The lowest BCUT2D eigenvalue weighted by Gasteiger charge is -2.33. The topological polar surface area (TPSA) is 62.3 Å². The fraction of sp³-hybridized carbons (Fsp3) is 0.667. The maximum Gasteiger partial charge on any atom is 0.173 e. The lowest BCUT2D eigenvalue weighted by atomic mass is 9.90. The zero-order valence-corrected chi connectivity index (χ0v) is 17.5. The summed E-state index contributed by atoms with van der Waals surface area (Å²) in [6.07, 6.45) is 9.38. The van der Waals surface area contributed by atoms with Gasteiger partial charge in [0, 0.05) is 17.5 Å². The summed E-state index contributed by atoms with van der Waals surface area (Å²) < 4.78 is 11.7. The molecule has 29 heavy (non-hydrogen) atoms. The van der Waals surface area contributed by atoms with Crippen molar-refractivity contribution >= 4 is 11.0 Å². The summed E-state index contributed by atoms with van der Waals surface area (Å²) in [7, 11) is 0. The first-order chi connectivity index (χ1) is 14.2. The third-order valence-electron chi connectivity index (χ3n) is 7.20. The maximum absolute atomic E-state index is 9.31. The Hall–Kier alpha value is -2.06. The fourth-order valence-corrected chi connectivity index (χ4v) is 4.66. The highest BCUT2D eigenvalue weighted by Gasteiger charge is 2.44. The van der Waals surface area contributed by atoms with Gasteiger partial charge in [-0.15, -0.1) is 0 Å². The number of nitriles is 1. The van der Waals surface area contributed by atoms with Crippen molar-refractivity contribution in [3.63, 3.8) is 0 Å². The summed E-state index contributed by atoms with van der Waals surface area (Å²) >= 11 is 0. The first kappa shape index (κ1) is 18.9. The van der Waals surface area contributed by atoms with Crippen molar-refractivity contribution in [3.8, 4) is 11.8 Å². The van der Waals surface area contributed by atoms with Crippen LogP contribution in [-0.4, -0.2) is 36.3 Å². The molecule has 1 aromatic heterocycles. The van der Waals surface area contributed by atoms with Crippen LogP contribution >= 0.6 is 0 Å². The highest BCUT2D eigenvalue weighted by atomic mass is 16.5. The Morgan fingerprint density at radius 2 is 2.00 bits per heavy atom. The molecule has 0 spiro atoms. The number of piperidine rings is 1. The number of nitrogens with zero attached hydrogens (tertiary/aromatic N) is 3. The number of benzene rings is 1. The van der Waals surface area contributed by atoms with Crippen molar-refractivity contribution in [3.05, 3.63) is 23.4 Å². The quantitative estimate of drug-likeness (QED) is 0.640. The molecule has 0 N–H and O–H groups in total. The molecule has 3 aliphatic rings. The molecule has 1 aromatic carbocycles. The van der Waals surface area contributed by atoms with Gasteiger partial charge in [0.15, 0.2) is 5.58 Å². The lowest BCUT2D eigenvalue weighted by molar-refractivity contribution is 0.162. The molecule has 2 saturated carbocycles. The van der Waals surface area contributed by atoms with Crippen LogP contribution in [-0.2, 0) is 6.42 Å². The van der Waals surface area contributed by atoms with Gasteiger partial charge in [-0.25, -0.2) is 0 Å². The molecule has 2 heterocycles. The molecular weight excluding hydrogens is 362 g/mol. The SMILES string of the molecule is Cc1c(OCC2CC2)ccc2c(CCC3CCN(CC4(C#N)CC4)CC3)noc12. The molecule has 0 bridgehead atoms. The second kappa shape index (κ2) is 7.65. The zero-order valence-electron chi connectivity index (χ0n) is 17.5. The summed E-state index contributed by atoms with van der Waals surface area (Å²) in [4.78, 5) is 2.50. The normalized spacial score (nSPS) is 21.9. The van der Waals surface area contributed by atoms with Crippen molar-refractivity contribution < 1.29 is 9.26 Å². The van der Waals surface area contributed by atoms with Crippen LogP contribution in [0.5, 0.6) is 5.75 Å². The average molecular weight is 394 g/mol. The molecule has 1 aliphatic heterocycles. The Balaban J connectivity index is 1.15. The minimum atomic E-state index is -0.00838. The van der Waals surface area contributed by atoms with Gasteiger partial charge in [-0.3, -0.25) is 0 Å². The van der Waals surface area contributed by atoms with Crippen LogP contribution in [0.15, 0.2) is 16.7 Å². The van der Waals surface area contributed by atoms with Crippen molar-refractivity contribution in [2.75, 3.05) is 26.2 Å². The summed E-state index contributed by atoms with van der Waals surface area (Å²) in [5, 5.41) is 14.8. The molecule has 0 amide bonds. The Kier molecular flexibility index (Phi) is 4.99. The van der Waals surface area contributed by atoms with Gasteiger partial charge < -0.3 is 14.2 Å². The number of hydrogen-bond acceptors (Lipinski definition) is 5. The number of fused-ring (bicyclic) bond motifs is 1. The van der Waals surface area contributed by atoms with Crippen LogP contribution < -0.4 is 4.74 Å². The molecule has 5 heteroatoms. The molecule has 1 saturated heterocycles. The van der Waals surface area contributed by atoms with E-state index in [9.17, 15) is 5.26 Å². The van der Waals surface area contributed by atoms with Gasteiger partial charge in [-0.1, -0.05) is 5.16 Å². The van der Waals surface area contributed by atoms with Crippen molar-refractivity contribution in [1.29, 1.82) is 5.26 Å². The molecule has 2 aliphatic carbocycles. The largest absolute Gasteiger partial charge is 0.493 e. The van der Waals surface area contributed by atoms with E-state index in [2.05, 4.69) is 35.2 Å². The van der Waals surface area contributed by atoms with Crippen LogP contribution in [0.2, 0.25) is 0 Å². The number of aromatic nitrogens is 1. The van der Waals surface area contributed by atoms with Crippen LogP contribution in [0.25, 0.3) is 11.0 Å². The maximum atomic E-state index is 9.31. The Morgan fingerprint density at radius 1 is 1.21 bits per heavy atom. The van der Waals surface area contributed by atoms with E-state index >= 15 is 0 Å². The van der Waals surface area contributed by atoms with Gasteiger partial charge >= 0.3 is 0 Å². The first-order valence-corrected chi connectivity index (χ1v) is 11.3. The third kappa shape index (κ3) is 4.14. The van der Waals surface area contributed by atoms with Gasteiger partial charge in [0.2, 0.25) is 0 Å². The number of hydrogen-bond donors (Lipinski definition) is 0. The second-order valence-corrected chi connectivity index (χ2v) is 9.60. The van der Waals surface area contributed by atoms with E-state index in [0.717, 1.165) is 91.7 Å². The Bertz CT molecular complexity index is 912. The van der Waals surface area contributed by atoms with Gasteiger partial charge in [-0.05, 0) is 95.3 Å². The van der Waals surface area contributed by atoms with Crippen molar-refractivity contribution in [2.45, 2.75) is 58.3 Å². The number of likely N-dealkylation sites (tertiary alicyclic amines) is 1. The molecule has 2 aromatic rings. The van der Waals surface area contributed by atoms with E-state index in [0.29, 0.717) is 0 Å². The molecule has 5 rings (SSSR count). The highest BCUT2D eigenvalue weighted by Crippen LogP contribution is 2.46. The Morgan fingerprint density at radius 3 is 2.69 bits per heavy atom. The molecule has 0 unspecified atom stereocenters. The number of ether oxygens (including phenoxy) is 1. The van der Waals surface area contributed by atoms with Gasteiger partial charge in [0.05, 0.1) is 23.8 Å². The summed E-state index contributed by atoms with van der Waals surface area (Å²) in [6, 6.07) is 6.73. The van der Waals surface area contributed by atoms with E-state index in [-0.39, 0.29) is 5.41 Å². The second-order valence-electron chi connectivity index (χ2n) is 9.60. The molecule has 0 radical (unpaired) electrons. The summed E-state index contributed by atoms with van der Waals surface area (Å²) in [5.74, 6) is 2.43. The van der Waals surface area contributed by atoms with Gasteiger partial charge in [-0.2, -0.15) is 5.26 Å². The lowest BCUT2D eigenvalue weighted by Crippen LogP contribution is -2.37. The molecule has 154 valence electrons. The fourth-order valence-electron chi connectivity index (χ4n) is 4.66. The third-order valence-corrected chi connectivity index (χ3v) is 7.20. The van der Waals surface area contributed by atoms with Gasteiger partial charge in [0.25, 0.3) is 0 Å². The van der Waals surface area contributed by atoms with E-state index in [4.69, 9.17) is 9.26 Å². The summed E-state index contributed by atoms with van der Waals surface area (Å²) in [6.45, 7) is 6.14. The van der Waals surface area contributed by atoms with E-state index in [1.54, 1.807) is 0 Å². The predicted octanol–water partition coefficient (Wildman–Crippen LogP) is 4.87. The summed E-state index contributed by atoms with van der Waals surface area (Å²) in [5.41, 5.74) is 3.03. The number of rotatable bonds is 8. The molecule has 5 nitrogen and oxygen atoms in total.